The number of amides is 1. The molecule has 6 nitrogen and oxygen atoms in total. The molecule has 1 aliphatic carbocycles. The maximum Gasteiger partial charge on any atom is 0.233 e. The Balaban J connectivity index is 1.50. The van der Waals surface area contributed by atoms with Crippen LogP contribution in [0.5, 0.6) is 0 Å². The molecule has 1 saturated carbocycles. The number of nitrogens with zero attached hydrogens (tertiary/aromatic N) is 3. The van der Waals surface area contributed by atoms with Crippen LogP contribution >= 0.6 is 11.8 Å². The van der Waals surface area contributed by atoms with Crippen LogP contribution in [0.4, 0.5) is 0 Å². The summed E-state index contributed by atoms with van der Waals surface area (Å²) in [6, 6.07) is 0. The lowest BCUT2D eigenvalue weighted by Gasteiger charge is -2.14. The minimum atomic E-state index is -0.179. The van der Waals surface area contributed by atoms with Gasteiger partial charge in [-0.3, -0.25) is 4.79 Å². The van der Waals surface area contributed by atoms with Crippen molar-refractivity contribution in [3.05, 3.63) is 5.82 Å². The molecule has 1 aliphatic heterocycles. The molecule has 1 aromatic heterocycles. The average molecular weight is 310 g/mol. The zero-order valence-corrected chi connectivity index (χ0v) is 13.4. The zero-order chi connectivity index (χ0) is 14.8. The highest BCUT2D eigenvalue weighted by atomic mass is 32.2. The zero-order valence-electron chi connectivity index (χ0n) is 12.5. The van der Waals surface area contributed by atoms with Crippen LogP contribution in [0.15, 0.2) is 5.16 Å². The quantitative estimate of drug-likeness (QED) is 0.806. The summed E-state index contributed by atoms with van der Waals surface area (Å²) in [6.07, 6.45) is 4.72. The first-order valence-electron chi connectivity index (χ1n) is 7.60. The summed E-state index contributed by atoms with van der Waals surface area (Å²) in [5, 5.41) is 12.0. The number of nitrogens with one attached hydrogen (secondary N) is 1. The molecule has 1 saturated heterocycles. The fourth-order valence-electron chi connectivity index (χ4n) is 2.50. The van der Waals surface area contributed by atoms with E-state index < -0.39 is 0 Å². The Morgan fingerprint density at radius 3 is 2.95 bits per heavy atom. The van der Waals surface area contributed by atoms with Crippen molar-refractivity contribution in [2.45, 2.75) is 55.0 Å². The molecule has 3 rings (SSSR count). The van der Waals surface area contributed by atoms with Crippen LogP contribution < -0.4 is 5.32 Å². The number of carbonyl (C=O) groups is 1. The van der Waals surface area contributed by atoms with Crippen LogP contribution in [0, 0.1) is 0 Å². The number of hydrogen-bond donors (Lipinski definition) is 1. The number of thioether (sulfide) groups is 1. The molecule has 116 valence electrons. The van der Waals surface area contributed by atoms with E-state index in [-0.39, 0.29) is 17.3 Å². The summed E-state index contributed by atoms with van der Waals surface area (Å²) in [5.74, 6) is 1.65. The number of carbonyl (C=O) groups excluding carboxylic acids is 1. The molecule has 0 bridgehead atoms. The molecule has 0 spiro atoms. The number of rotatable bonds is 6. The van der Waals surface area contributed by atoms with E-state index in [9.17, 15) is 4.79 Å². The summed E-state index contributed by atoms with van der Waals surface area (Å²) in [6.45, 7) is 3.32. The summed E-state index contributed by atoms with van der Waals surface area (Å²) in [4.78, 5) is 12.1. The second-order valence-corrected chi connectivity index (χ2v) is 7.12. The first-order valence-corrected chi connectivity index (χ1v) is 8.48. The first kappa shape index (κ1) is 14.8. The molecular weight excluding hydrogens is 288 g/mol. The summed E-state index contributed by atoms with van der Waals surface area (Å²) < 4.78 is 7.53. The summed E-state index contributed by atoms with van der Waals surface area (Å²) in [5.41, 5.74) is 0. The third kappa shape index (κ3) is 3.58. The predicted molar refractivity (Wildman–Crippen MR) is 80.3 cm³/mol. The Kier molecular flexibility index (Phi) is 4.49. The Bertz CT molecular complexity index is 509. The second kappa shape index (κ2) is 6.36. The second-order valence-electron chi connectivity index (χ2n) is 5.81. The Hall–Kier alpha value is -1.08. The van der Waals surface area contributed by atoms with E-state index >= 15 is 0 Å². The van der Waals surface area contributed by atoms with Crippen molar-refractivity contribution >= 4 is 17.7 Å². The lowest BCUT2D eigenvalue weighted by atomic mass is 10.2. The number of aromatic nitrogens is 3. The van der Waals surface area contributed by atoms with Crippen molar-refractivity contribution in [2.75, 3.05) is 13.2 Å². The standard InChI is InChI=1S/C14H22N4O2S/c1-9(13(19)15-8-11-4-3-7-20-11)21-14-17-16-12(18(14)2)10-5-6-10/h9-11H,3-8H2,1-2H3,(H,15,19)/t9-,11-/m0/s1. The van der Waals surface area contributed by atoms with Gasteiger partial charge in [0.25, 0.3) is 0 Å². The largest absolute Gasteiger partial charge is 0.376 e. The fraction of sp³-hybridized carbons (Fsp3) is 0.786. The summed E-state index contributed by atoms with van der Waals surface area (Å²) >= 11 is 1.46. The Labute approximate surface area is 129 Å². The van der Waals surface area contributed by atoms with Gasteiger partial charge in [0, 0.05) is 26.1 Å². The van der Waals surface area contributed by atoms with Crippen molar-refractivity contribution in [3.63, 3.8) is 0 Å². The van der Waals surface area contributed by atoms with Gasteiger partial charge in [0.1, 0.15) is 5.82 Å². The molecular formula is C14H22N4O2S. The average Bonchev–Trinajstić information content (AvgIpc) is 3.06. The van der Waals surface area contributed by atoms with Gasteiger partial charge in [-0.25, -0.2) is 0 Å². The lowest BCUT2D eigenvalue weighted by Crippen LogP contribution is -2.36. The normalized spacial score (nSPS) is 23.2. The molecule has 1 N–H and O–H groups in total. The van der Waals surface area contributed by atoms with Gasteiger partial charge < -0.3 is 14.6 Å². The molecule has 21 heavy (non-hydrogen) atoms. The van der Waals surface area contributed by atoms with Crippen molar-refractivity contribution in [2.24, 2.45) is 7.05 Å². The van der Waals surface area contributed by atoms with E-state index in [1.807, 2.05) is 18.5 Å². The van der Waals surface area contributed by atoms with Gasteiger partial charge in [0.2, 0.25) is 5.91 Å². The minimum Gasteiger partial charge on any atom is -0.376 e. The van der Waals surface area contributed by atoms with Gasteiger partial charge >= 0.3 is 0 Å². The molecule has 2 aliphatic rings. The van der Waals surface area contributed by atoms with E-state index in [0.717, 1.165) is 30.4 Å². The Morgan fingerprint density at radius 2 is 2.29 bits per heavy atom. The SMILES string of the molecule is C[C@H](Sc1nnc(C2CC2)n1C)C(=O)NC[C@@H]1CCCO1. The summed E-state index contributed by atoms with van der Waals surface area (Å²) in [7, 11) is 1.98. The van der Waals surface area contributed by atoms with Gasteiger partial charge in [0.05, 0.1) is 11.4 Å². The van der Waals surface area contributed by atoms with Crippen LogP contribution in [0.1, 0.15) is 44.3 Å². The van der Waals surface area contributed by atoms with E-state index in [4.69, 9.17) is 4.74 Å². The highest BCUT2D eigenvalue weighted by molar-refractivity contribution is 8.00. The van der Waals surface area contributed by atoms with Crippen LogP contribution in [0.25, 0.3) is 0 Å². The smallest absolute Gasteiger partial charge is 0.233 e. The van der Waals surface area contributed by atoms with Crippen LogP contribution in [0.3, 0.4) is 0 Å². The third-order valence-electron chi connectivity index (χ3n) is 3.99. The highest BCUT2D eigenvalue weighted by Crippen LogP contribution is 2.39. The minimum absolute atomic E-state index is 0.0338. The molecule has 1 aromatic rings. The van der Waals surface area contributed by atoms with Gasteiger partial charge in [-0.05, 0) is 32.6 Å². The van der Waals surface area contributed by atoms with Crippen LogP contribution in [-0.4, -0.2) is 45.2 Å². The maximum absolute atomic E-state index is 12.1. The molecule has 2 heterocycles. The maximum atomic E-state index is 12.1. The molecule has 2 atom stereocenters. The monoisotopic (exact) mass is 310 g/mol. The molecule has 1 amide bonds. The highest BCUT2D eigenvalue weighted by Gasteiger charge is 2.30. The van der Waals surface area contributed by atoms with E-state index in [1.54, 1.807) is 0 Å². The lowest BCUT2D eigenvalue weighted by molar-refractivity contribution is -0.120. The van der Waals surface area contributed by atoms with Gasteiger partial charge in [-0.15, -0.1) is 10.2 Å². The van der Waals surface area contributed by atoms with Crippen molar-refractivity contribution in [1.82, 2.24) is 20.1 Å². The van der Waals surface area contributed by atoms with Gasteiger partial charge in [0.15, 0.2) is 5.16 Å². The van der Waals surface area contributed by atoms with Gasteiger partial charge in [-0.2, -0.15) is 0 Å². The van der Waals surface area contributed by atoms with Crippen LogP contribution in [-0.2, 0) is 16.6 Å². The fourth-order valence-corrected chi connectivity index (χ4v) is 3.35. The number of hydrogen-bond acceptors (Lipinski definition) is 5. The third-order valence-corrected chi connectivity index (χ3v) is 5.12. The topological polar surface area (TPSA) is 69.0 Å². The molecule has 0 aromatic carbocycles. The van der Waals surface area contributed by atoms with E-state index in [0.29, 0.717) is 12.5 Å². The van der Waals surface area contributed by atoms with Crippen molar-refractivity contribution in [3.8, 4) is 0 Å². The van der Waals surface area contributed by atoms with E-state index in [1.165, 1.54) is 24.6 Å². The van der Waals surface area contributed by atoms with Crippen molar-refractivity contribution < 1.29 is 9.53 Å². The molecule has 7 heteroatoms. The molecule has 0 radical (unpaired) electrons. The number of ether oxygens (including phenoxy) is 1. The van der Waals surface area contributed by atoms with Crippen LogP contribution in [0.2, 0.25) is 0 Å². The van der Waals surface area contributed by atoms with Gasteiger partial charge in [-0.1, -0.05) is 11.8 Å². The molecule has 2 fully saturated rings. The predicted octanol–water partition coefficient (Wildman–Crippen LogP) is 1.47. The first-order chi connectivity index (χ1) is 10.1. The molecule has 0 unspecified atom stereocenters. The Morgan fingerprint density at radius 1 is 1.48 bits per heavy atom. The van der Waals surface area contributed by atoms with E-state index in [2.05, 4.69) is 15.5 Å². The van der Waals surface area contributed by atoms with Crippen molar-refractivity contribution in [1.29, 1.82) is 0 Å².